The fraction of sp³-hybridized carbons (Fsp3) is 0.259. The molecule has 1 fully saturated rings. The van der Waals surface area contributed by atoms with Gasteiger partial charge in [0.1, 0.15) is 11.3 Å². The van der Waals surface area contributed by atoms with Crippen molar-refractivity contribution in [3.05, 3.63) is 71.7 Å². The molecule has 1 aliphatic rings. The third-order valence-corrected chi connectivity index (χ3v) is 5.98. The van der Waals surface area contributed by atoms with Crippen molar-refractivity contribution in [1.82, 2.24) is 15.0 Å². The second-order valence-corrected chi connectivity index (χ2v) is 8.20. The van der Waals surface area contributed by atoms with Crippen molar-refractivity contribution in [2.75, 3.05) is 7.11 Å². The van der Waals surface area contributed by atoms with E-state index in [1.165, 1.54) is 12.8 Å². The second kappa shape index (κ2) is 8.87. The largest absolute Gasteiger partial charge is 0.493 e. The first-order valence-electron chi connectivity index (χ1n) is 11.2. The predicted octanol–water partition coefficient (Wildman–Crippen LogP) is 6.43. The van der Waals surface area contributed by atoms with E-state index in [4.69, 9.17) is 19.4 Å². The number of imidazole rings is 1. The molecule has 1 aliphatic carbocycles. The van der Waals surface area contributed by atoms with Gasteiger partial charge in [-0.3, -0.25) is 4.98 Å². The summed E-state index contributed by atoms with van der Waals surface area (Å²) in [7, 11) is 1.69. The van der Waals surface area contributed by atoms with Crippen molar-refractivity contribution in [3.8, 4) is 22.8 Å². The van der Waals surface area contributed by atoms with Gasteiger partial charge in [0.25, 0.3) is 0 Å². The van der Waals surface area contributed by atoms with Crippen LogP contribution in [0, 0.1) is 6.92 Å². The molecule has 4 aromatic rings. The molecule has 0 atom stereocenters. The summed E-state index contributed by atoms with van der Waals surface area (Å²) < 4.78 is 12.3. The molecule has 0 unspecified atom stereocenters. The molecule has 162 valence electrons. The topological polar surface area (TPSA) is 60.0 Å². The van der Waals surface area contributed by atoms with E-state index in [0.29, 0.717) is 0 Å². The van der Waals surface area contributed by atoms with Gasteiger partial charge in [0.05, 0.1) is 24.4 Å². The summed E-state index contributed by atoms with van der Waals surface area (Å²) in [5.41, 5.74) is 5.72. The first-order chi connectivity index (χ1) is 15.7. The lowest BCUT2D eigenvalue weighted by atomic mass is 9.99. The zero-order chi connectivity index (χ0) is 21.9. The molecule has 2 aromatic carbocycles. The maximum absolute atomic E-state index is 6.56. The first kappa shape index (κ1) is 20.3. The number of benzene rings is 2. The number of ether oxygens (including phenoxy) is 2. The number of fused-ring (bicyclic) bond motifs is 1. The van der Waals surface area contributed by atoms with Crippen LogP contribution in [0.5, 0.6) is 11.5 Å². The average Bonchev–Trinajstić information content (AvgIpc) is 3.47. The third kappa shape index (κ3) is 3.98. The summed E-state index contributed by atoms with van der Waals surface area (Å²) in [6.07, 6.45) is 10.8. The van der Waals surface area contributed by atoms with Crippen molar-refractivity contribution in [2.24, 2.45) is 0 Å². The number of aromatic nitrogens is 3. The van der Waals surface area contributed by atoms with Gasteiger partial charge in [0.15, 0.2) is 11.5 Å². The van der Waals surface area contributed by atoms with E-state index in [-0.39, 0.29) is 6.10 Å². The minimum atomic E-state index is 0.208. The fourth-order valence-electron chi connectivity index (χ4n) is 4.41. The highest BCUT2D eigenvalue weighted by atomic mass is 16.5. The van der Waals surface area contributed by atoms with E-state index in [0.717, 1.165) is 63.6 Å². The van der Waals surface area contributed by atoms with Gasteiger partial charge < -0.3 is 14.5 Å². The molecule has 0 aliphatic heterocycles. The predicted molar refractivity (Wildman–Crippen MR) is 129 cm³/mol. The van der Waals surface area contributed by atoms with Crippen molar-refractivity contribution in [3.63, 3.8) is 0 Å². The molecule has 2 aromatic heterocycles. The summed E-state index contributed by atoms with van der Waals surface area (Å²) in [5.74, 6) is 2.38. The van der Waals surface area contributed by atoms with Gasteiger partial charge in [-0.25, -0.2) is 4.98 Å². The molecular formula is C27H27N3O2. The number of hydrogen-bond donors (Lipinski definition) is 1. The van der Waals surface area contributed by atoms with E-state index in [1.807, 2.05) is 43.5 Å². The van der Waals surface area contributed by atoms with E-state index < -0.39 is 0 Å². The molecule has 5 rings (SSSR count). The van der Waals surface area contributed by atoms with Gasteiger partial charge in [-0.2, -0.15) is 0 Å². The molecule has 32 heavy (non-hydrogen) atoms. The number of nitrogens with zero attached hydrogens (tertiary/aromatic N) is 2. The van der Waals surface area contributed by atoms with E-state index in [9.17, 15) is 0 Å². The Morgan fingerprint density at radius 1 is 1.00 bits per heavy atom. The molecule has 1 N–H and O–H groups in total. The molecule has 0 bridgehead atoms. The number of H-pyrrole nitrogens is 1. The zero-order valence-electron chi connectivity index (χ0n) is 18.5. The average molecular weight is 426 g/mol. The van der Waals surface area contributed by atoms with Gasteiger partial charge in [0.2, 0.25) is 0 Å². The number of aromatic amines is 1. The van der Waals surface area contributed by atoms with Crippen molar-refractivity contribution in [2.45, 2.75) is 38.7 Å². The van der Waals surface area contributed by atoms with Gasteiger partial charge in [-0.1, -0.05) is 36.4 Å². The Hall–Kier alpha value is -3.60. The van der Waals surface area contributed by atoms with Gasteiger partial charge >= 0.3 is 0 Å². The zero-order valence-corrected chi connectivity index (χ0v) is 18.5. The monoisotopic (exact) mass is 425 g/mol. The molecule has 0 spiro atoms. The van der Waals surface area contributed by atoms with Crippen LogP contribution in [0.3, 0.4) is 0 Å². The Bertz CT molecular complexity index is 1250. The maximum atomic E-state index is 6.56. The highest BCUT2D eigenvalue weighted by Gasteiger charge is 2.23. The molecule has 5 nitrogen and oxygen atoms in total. The van der Waals surface area contributed by atoms with Crippen LogP contribution in [0.4, 0.5) is 0 Å². The van der Waals surface area contributed by atoms with Crippen LogP contribution in [0.1, 0.15) is 42.6 Å². The van der Waals surface area contributed by atoms with E-state index in [2.05, 4.69) is 35.3 Å². The molecule has 2 heterocycles. The molecule has 1 saturated carbocycles. The number of methoxy groups -OCH3 is 1. The smallest absolute Gasteiger partial charge is 0.169 e. The van der Waals surface area contributed by atoms with Crippen LogP contribution < -0.4 is 9.47 Å². The number of pyridine rings is 1. The maximum Gasteiger partial charge on any atom is 0.169 e. The van der Waals surface area contributed by atoms with E-state index >= 15 is 0 Å². The Balaban J connectivity index is 1.70. The minimum absolute atomic E-state index is 0.208. The van der Waals surface area contributed by atoms with Gasteiger partial charge in [-0.15, -0.1) is 0 Å². The van der Waals surface area contributed by atoms with E-state index in [1.54, 1.807) is 7.11 Å². The first-order valence-corrected chi connectivity index (χ1v) is 11.2. The molecule has 0 saturated heterocycles. The van der Waals surface area contributed by atoms with Crippen LogP contribution in [-0.2, 0) is 0 Å². The molecule has 5 heteroatoms. The van der Waals surface area contributed by atoms with Crippen LogP contribution in [0.15, 0.2) is 54.7 Å². The fourth-order valence-corrected chi connectivity index (χ4v) is 4.41. The third-order valence-electron chi connectivity index (χ3n) is 5.98. The Labute approximate surface area is 188 Å². The highest BCUT2D eigenvalue weighted by Crippen LogP contribution is 2.42. The number of hydrogen-bond acceptors (Lipinski definition) is 4. The minimum Gasteiger partial charge on any atom is -0.493 e. The van der Waals surface area contributed by atoms with Crippen molar-refractivity contribution < 1.29 is 9.47 Å². The van der Waals surface area contributed by atoms with Crippen LogP contribution >= 0.6 is 0 Å². The molecule has 0 radical (unpaired) electrons. The summed E-state index contributed by atoms with van der Waals surface area (Å²) in [6, 6.07) is 16.3. The van der Waals surface area contributed by atoms with Crippen LogP contribution in [-0.4, -0.2) is 28.2 Å². The normalized spacial score (nSPS) is 14.4. The lowest BCUT2D eigenvalue weighted by Crippen LogP contribution is -2.13. The Kier molecular flexibility index (Phi) is 5.63. The number of aryl methyl sites for hydroxylation is 1. The molecular weight excluding hydrogens is 398 g/mol. The lowest BCUT2D eigenvalue weighted by molar-refractivity contribution is 0.200. The highest BCUT2D eigenvalue weighted by molar-refractivity contribution is 5.94. The summed E-state index contributed by atoms with van der Waals surface area (Å²) in [5, 5.41) is 0. The lowest BCUT2D eigenvalue weighted by Gasteiger charge is -2.20. The standard InChI is InChI=1S/C27H27N3O2/c1-18-29-23-16-17-28-25(26(23)30-18)21-14-15-24(31-2)27(32-20-10-6-7-11-20)22(21)13-12-19-8-4-3-5-9-19/h3-5,8-9,12-17,20H,6-7,10-11H2,1-2H3,(H,29,30). The van der Waals surface area contributed by atoms with Crippen molar-refractivity contribution in [1.29, 1.82) is 0 Å². The number of rotatable bonds is 6. The van der Waals surface area contributed by atoms with Crippen LogP contribution in [0.2, 0.25) is 0 Å². The summed E-state index contributed by atoms with van der Waals surface area (Å²) in [6.45, 7) is 1.96. The summed E-state index contributed by atoms with van der Waals surface area (Å²) in [4.78, 5) is 12.7. The van der Waals surface area contributed by atoms with Gasteiger partial charge in [0, 0.05) is 17.3 Å². The van der Waals surface area contributed by atoms with Crippen molar-refractivity contribution >= 4 is 23.2 Å². The SMILES string of the molecule is COc1ccc(-c2nccc3[nH]c(C)nc23)c(C=Cc2ccccc2)c1OC1CCCC1. The molecule has 0 amide bonds. The summed E-state index contributed by atoms with van der Waals surface area (Å²) >= 11 is 0. The second-order valence-electron chi connectivity index (χ2n) is 8.20. The Morgan fingerprint density at radius 2 is 1.81 bits per heavy atom. The number of nitrogens with one attached hydrogen (secondary N) is 1. The quantitative estimate of drug-likeness (QED) is 0.361. The van der Waals surface area contributed by atoms with Gasteiger partial charge in [-0.05, 0) is 62.4 Å². The van der Waals surface area contributed by atoms with Crippen LogP contribution in [0.25, 0.3) is 34.4 Å². The Morgan fingerprint density at radius 3 is 2.59 bits per heavy atom.